The van der Waals surface area contributed by atoms with E-state index in [-0.39, 0.29) is 12.0 Å². The number of carbonyl (C=O) groups excluding carboxylic acids is 2. The van der Waals surface area contributed by atoms with Crippen LogP contribution in [0, 0.1) is 11.7 Å². The Hall–Kier alpha value is -4.51. The van der Waals surface area contributed by atoms with Crippen LogP contribution in [0.5, 0.6) is 0 Å². The number of hydrogen-bond acceptors (Lipinski definition) is 7. The molecular weight excluding hydrogens is 453 g/mol. The van der Waals surface area contributed by atoms with E-state index in [1.807, 2.05) is 24.3 Å². The summed E-state index contributed by atoms with van der Waals surface area (Å²) in [5, 5.41) is 22.4. The van der Waals surface area contributed by atoms with Gasteiger partial charge in [0.2, 0.25) is 5.91 Å². The fourth-order valence-electron chi connectivity index (χ4n) is 3.80. The van der Waals surface area contributed by atoms with E-state index < -0.39 is 29.6 Å². The highest BCUT2D eigenvalue weighted by Crippen LogP contribution is 2.28. The Balaban J connectivity index is 1.60. The Morgan fingerprint density at radius 2 is 1.71 bits per heavy atom. The van der Waals surface area contributed by atoms with Crippen LogP contribution >= 0.6 is 0 Å². The maximum Gasteiger partial charge on any atom is 0.251 e. The quantitative estimate of drug-likeness (QED) is 0.215. The molecule has 0 radical (unpaired) electrons. The van der Waals surface area contributed by atoms with Crippen molar-refractivity contribution in [1.82, 2.24) is 36.2 Å². The molecule has 0 saturated carbocycles. The van der Waals surface area contributed by atoms with Gasteiger partial charge < -0.3 is 5.32 Å². The number of halogens is 1. The standard InChI is InChI=1S/C24H22FN7O3/c25-20-7-5-17(6-8-20)24(34)29-23(21-13-28-32-30-21)18(10-22(33)31-35)9-15-1-3-16(4-2-15)19-11-26-14-27-12-19/h1-8,11-14,18,23,35H,9-10H2,(H,29,34)(H,31,33)(H,28,30,32). The summed E-state index contributed by atoms with van der Waals surface area (Å²) in [6.07, 6.45) is 6.67. The van der Waals surface area contributed by atoms with Crippen molar-refractivity contribution in [1.29, 1.82) is 0 Å². The predicted octanol–water partition coefficient (Wildman–Crippen LogP) is 2.63. The van der Waals surface area contributed by atoms with E-state index in [1.54, 1.807) is 17.9 Å². The predicted molar refractivity (Wildman–Crippen MR) is 122 cm³/mol. The first-order valence-corrected chi connectivity index (χ1v) is 10.7. The van der Waals surface area contributed by atoms with Crippen LogP contribution in [-0.4, -0.2) is 42.4 Å². The molecule has 0 fully saturated rings. The highest BCUT2D eigenvalue weighted by Gasteiger charge is 2.30. The van der Waals surface area contributed by atoms with Gasteiger partial charge in [-0.05, 0) is 47.7 Å². The molecule has 2 atom stereocenters. The zero-order valence-corrected chi connectivity index (χ0v) is 18.4. The topological polar surface area (TPSA) is 146 Å². The van der Waals surface area contributed by atoms with Crippen molar-refractivity contribution in [2.24, 2.45) is 5.92 Å². The average molecular weight is 475 g/mol. The van der Waals surface area contributed by atoms with Crippen molar-refractivity contribution < 1.29 is 19.2 Å². The number of benzene rings is 2. The monoisotopic (exact) mass is 475 g/mol. The van der Waals surface area contributed by atoms with Gasteiger partial charge in [0.05, 0.1) is 6.04 Å². The summed E-state index contributed by atoms with van der Waals surface area (Å²) in [5.41, 5.74) is 5.00. The number of nitrogens with one attached hydrogen (secondary N) is 3. The average Bonchev–Trinajstić information content (AvgIpc) is 3.43. The Bertz CT molecular complexity index is 1250. The van der Waals surface area contributed by atoms with Crippen LogP contribution in [0.3, 0.4) is 0 Å². The Morgan fingerprint density at radius 1 is 1.00 bits per heavy atom. The lowest BCUT2D eigenvalue weighted by atomic mass is 9.86. The molecule has 2 unspecified atom stereocenters. The molecule has 0 aliphatic heterocycles. The van der Waals surface area contributed by atoms with Gasteiger partial charge in [-0.1, -0.05) is 29.5 Å². The second-order valence-electron chi connectivity index (χ2n) is 7.88. The molecule has 10 nitrogen and oxygen atoms in total. The van der Waals surface area contributed by atoms with Gasteiger partial charge in [-0.2, -0.15) is 0 Å². The van der Waals surface area contributed by atoms with E-state index in [1.165, 1.54) is 36.8 Å². The molecule has 0 saturated heterocycles. The lowest BCUT2D eigenvalue weighted by Crippen LogP contribution is -2.37. The minimum atomic E-state index is -0.731. The summed E-state index contributed by atoms with van der Waals surface area (Å²) in [6.45, 7) is 0. The third-order valence-corrected chi connectivity index (χ3v) is 5.54. The summed E-state index contributed by atoms with van der Waals surface area (Å²) in [4.78, 5) is 33.1. The van der Waals surface area contributed by atoms with Gasteiger partial charge in [-0.15, -0.1) is 5.10 Å². The molecule has 2 amide bonds. The maximum atomic E-state index is 13.3. The number of H-pyrrole nitrogens is 1. The van der Waals surface area contributed by atoms with Crippen molar-refractivity contribution in [3.8, 4) is 11.1 Å². The van der Waals surface area contributed by atoms with E-state index in [9.17, 15) is 14.0 Å². The third kappa shape index (κ3) is 6.09. The van der Waals surface area contributed by atoms with Gasteiger partial charge in [0, 0.05) is 36.1 Å². The third-order valence-electron chi connectivity index (χ3n) is 5.54. The van der Waals surface area contributed by atoms with Crippen molar-refractivity contribution in [2.75, 3.05) is 0 Å². The number of amides is 2. The second-order valence-corrected chi connectivity index (χ2v) is 7.88. The molecule has 35 heavy (non-hydrogen) atoms. The van der Waals surface area contributed by atoms with Crippen molar-refractivity contribution in [2.45, 2.75) is 18.9 Å². The second kappa shape index (κ2) is 11.1. The van der Waals surface area contributed by atoms with Gasteiger partial charge in [-0.3, -0.25) is 19.9 Å². The lowest BCUT2D eigenvalue weighted by molar-refractivity contribution is -0.130. The molecule has 2 aromatic carbocycles. The first kappa shape index (κ1) is 23.6. The maximum absolute atomic E-state index is 13.3. The van der Waals surface area contributed by atoms with E-state index in [0.29, 0.717) is 12.1 Å². The van der Waals surface area contributed by atoms with Crippen LogP contribution in [0.25, 0.3) is 11.1 Å². The number of hydrogen-bond donors (Lipinski definition) is 4. The van der Waals surface area contributed by atoms with Crippen molar-refractivity contribution in [3.05, 3.63) is 96.1 Å². The summed E-state index contributed by atoms with van der Waals surface area (Å²) in [7, 11) is 0. The highest BCUT2D eigenvalue weighted by molar-refractivity contribution is 5.94. The molecule has 11 heteroatoms. The number of aromatic amines is 1. The minimum absolute atomic E-state index is 0.105. The molecule has 0 spiro atoms. The van der Waals surface area contributed by atoms with Crippen LogP contribution in [0.4, 0.5) is 4.39 Å². The highest BCUT2D eigenvalue weighted by atomic mass is 19.1. The molecule has 0 bridgehead atoms. The van der Waals surface area contributed by atoms with Gasteiger partial charge in [-0.25, -0.2) is 19.8 Å². The van der Waals surface area contributed by atoms with Gasteiger partial charge >= 0.3 is 0 Å². The largest absolute Gasteiger partial charge is 0.343 e. The molecule has 178 valence electrons. The SMILES string of the molecule is O=C(CC(Cc1ccc(-c2cncnc2)cc1)C(NC(=O)c1ccc(F)cc1)c1c[nH]nn1)NO. The first-order valence-electron chi connectivity index (χ1n) is 10.7. The molecule has 0 aliphatic rings. The number of carbonyl (C=O) groups is 2. The molecular formula is C24H22FN7O3. The fourth-order valence-corrected chi connectivity index (χ4v) is 3.80. The molecule has 4 N–H and O–H groups in total. The lowest BCUT2D eigenvalue weighted by Gasteiger charge is -2.26. The van der Waals surface area contributed by atoms with Crippen molar-refractivity contribution in [3.63, 3.8) is 0 Å². The smallest absolute Gasteiger partial charge is 0.251 e. The minimum Gasteiger partial charge on any atom is -0.343 e. The summed E-state index contributed by atoms with van der Waals surface area (Å²) >= 11 is 0. The van der Waals surface area contributed by atoms with Gasteiger partial charge in [0.25, 0.3) is 5.91 Å². The summed E-state index contributed by atoms with van der Waals surface area (Å²) in [6, 6.07) is 12.0. The van der Waals surface area contributed by atoms with Crippen LogP contribution < -0.4 is 10.8 Å². The number of nitrogens with zero attached hydrogens (tertiary/aromatic N) is 4. The van der Waals surface area contributed by atoms with E-state index in [2.05, 4.69) is 30.7 Å². The first-order chi connectivity index (χ1) is 17.0. The fraction of sp³-hybridized carbons (Fsp3) is 0.167. The van der Waals surface area contributed by atoms with Crippen LogP contribution in [-0.2, 0) is 11.2 Å². The number of rotatable bonds is 9. The molecule has 4 aromatic rings. The Morgan fingerprint density at radius 3 is 2.34 bits per heavy atom. The Labute approximate surface area is 199 Å². The number of aromatic nitrogens is 5. The zero-order chi connectivity index (χ0) is 24.6. The number of hydroxylamine groups is 1. The van der Waals surface area contributed by atoms with Crippen LogP contribution in [0.2, 0.25) is 0 Å². The van der Waals surface area contributed by atoms with Gasteiger partial charge in [0.1, 0.15) is 17.8 Å². The van der Waals surface area contributed by atoms with Gasteiger partial charge in [0.15, 0.2) is 0 Å². The molecule has 2 aromatic heterocycles. The van der Waals surface area contributed by atoms with E-state index >= 15 is 0 Å². The molecule has 0 aliphatic carbocycles. The van der Waals surface area contributed by atoms with E-state index in [4.69, 9.17) is 5.21 Å². The summed E-state index contributed by atoms with van der Waals surface area (Å²) < 4.78 is 13.3. The van der Waals surface area contributed by atoms with E-state index in [0.717, 1.165) is 16.7 Å². The summed E-state index contributed by atoms with van der Waals surface area (Å²) in [5.74, 6) is -2.04. The van der Waals surface area contributed by atoms with Crippen molar-refractivity contribution >= 4 is 11.8 Å². The normalized spacial score (nSPS) is 12.5. The Kier molecular flexibility index (Phi) is 7.48. The zero-order valence-electron chi connectivity index (χ0n) is 18.4. The van der Waals surface area contributed by atoms with Crippen LogP contribution in [0.1, 0.15) is 34.1 Å². The molecule has 4 rings (SSSR count). The van der Waals surface area contributed by atoms with Crippen LogP contribution in [0.15, 0.2) is 73.4 Å². The molecule has 2 heterocycles.